The molecule has 1 aromatic rings. The van der Waals surface area contributed by atoms with Gasteiger partial charge in [-0.25, -0.2) is 0 Å². The van der Waals surface area contributed by atoms with E-state index >= 15 is 0 Å². The third kappa shape index (κ3) is 3.63. The fraction of sp³-hybridized carbons (Fsp3) is 0.588. The van der Waals surface area contributed by atoms with Crippen LogP contribution in [0.3, 0.4) is 0 Å². The van der Waals surface area contributed by atoms with Crippen molar-refractivity contribution in [3.05, 3.63) is 34.9 Å². The molecule has 2 aliphatic heterocycles. The molecule has 1 atom stereocenters. The Labute approximate surface area is 126 Å². The van der Waals surface area contributed by atoms with Crippen LogP contribution in [0.2, 0.25) is 0 Å². The van der Waals surface area contributed by atoms with Crippen molar-refractivity contribution in [1.82, 2.24) is 10.2 Å². The number of rotatable bonds is 4. The van der Waals surface area contributed by atoms with Gasteiger partial charge in [-0.2, -0.15) is 0 Å². The van der Waals surface area contributed by atoms with Crippen molar-refractivity contribution in [3.8, 4) is 0 Å². The maximum atomic E-state index is 11.9. The number of hydrogen-bond acceptors (Lipinski definition) is 3. The number of aryl methyl sites for hydroxylation is 1. The monoisotopic (exact) mass is 288 g/mol. The summed E-state index contributed by atoms with van der Waals surface area (Å²) in [6, 6.07) is 6.73. The normalized spacial score (nSPS) is 22.0. The van der Waals surface area contributed by atoms with Crippen LogP contribution < -0.4 is 5.32 Å². The molecule has 1 unspecified atom stereocenters. The van der Waals surface area contributed by atoms with Gasteiger partial charge in [-0.05, 0) is 30.9 Å². The van der Waals surface area contributed by atoms with Crippen LogP contribution in [-0.2, 0) is 22.5 Å². The number of carbonyl (C=O) groups is 1. The first-order valence-corrected chi connectivity index (χ1v) is 7.88. The smallest absolute Gasteiger partial charge is 0.225 e. The lowest BCUT2D eigenvalue weighted by Crippen LogP contribution is -2.39. The largest absolute Gasteiger partial charge is 0.381 e. The summed E-state index contributed by atoms with van der Waals surface area (Å²) in [5.41, 5.74) is 4.24. The molecule has 0 saturated carbocycles. The zero-order valence-electron chi connectivity index (χ0n) is 12.7. The molecule has 0 aromatic heterocycles. The summed E-state index contributed by atoms with van der Waals surface area (Å²) in [4.78, 5) is 14.3. The van der Waals surface area contributed by atoms with E-state index in [9.17, 15) is 4.79 Å². The van der Waals surface area contributed by atoms with Gasteiger partial charge in [0.25, 0.3) is 0 Å². The highest BCUT2D eigenvalue weighted by Crippen LogP contribution is 2.19. The third-order valence-electron chi connectivity index (χ3n) is 4.48. The van der Waals surface area contributed by atoms with Crippen LogP contribution >= 0.6 is 0 Å². The zero-order chi connectivity index (χ0) is 14.7. The molecule has 0 aliphatic carbocycles. The minimum atomic E-state index is 0.0646. The topological polar surface area (TPSA) is 41.6 Å². The summed E-state index contributed by atoms with van der Waals surface area (Å²) in [7, 11) is 0. The summed E-state index contributed by atoms with van der Waals surface area (Å²) in [6.07, 6.45) is 1.97. The predicted molar refractivity (Wildman–Crippen MR) is 82.1 cm³/mol. The molecule has 0 radical (unpaired) electrons. The Morgan fingerprint density at radius 3 is 3.14 bits per heavy atom. The number of nitrogens with one attached hydrogen (secondary N) is 1. The molecule has 21 heavy (non-hydrogen) atoms. The first-order chi connectivity index (χ1) is 10.2. The van der Waals surface area contributed by atoms with Gasteiger partial charge in [0, 0.05) is 32.8 Å². The molecule has 1 aromatic carbocycles. The lowest BCUT2D eigenvalue weighted by atomic mass is 9.98. The van der Waals surface area contributed by atoms with Gasteiger partial charge >= 0.3 is 0 Å². The Bertz CT molecular complexity index is 510. The number of carbonyl (C=O) groups excluding carboxylic acids is 1. The standard InChI is InChI=1S/C17H24N2O2/c1-13-2-3-14-4-7-19(11-16(14)10-13)8-6-18-17(20)15-5-9-21-12-15/h2-3,10,15H,4-9,11-12H2,1H3,(H,18,20). The highest BCUT2D eigenvalue weighted by Gasteiger charge is 2.23. The zero-order valence-corrected chi connectivity index (χ0v) is 12.7. The molecule has 2 heterocycles. The Kier molecular flexibility index (Phi) is 4.56. The van der Waals surface area contributed by atoms with E-state index in [1.807, 2.05) is 0 Å². The average molecular weight is 288 g/mol. The van der Waals surface area contributed by atoms with Crippen molar-refractivity contribution >= 4 is 5.91 Å². The van der Waals surface area contributed by atoms with Crippen LogP contribution in [0.4, 0.5) is 0 Å². The van der Waals surface area contributed by atoms with Gasteiger partial charge < -0.3 is 10.1 Å². The first-order valence-electron chi connectivity index (χ1n) is 7.88. The van der Waals surface area contributed by atoms with E-state index in [2.05, 4.69) is 35.3 Å². The van der Waals surface area contributed by atoms with Gasteiger partial charge in [-0.15, -0.1) is 0 Å². The molecule has 3 rings (SSSR count). The minimum absolute atomic E-state index is 0.0646. The van der Waals surface area contributed by atoms with E-state index in [-0.39, 0.29) is 11.8 Å². The van der Waals surface area contributed by atoms with Crippen molar-refractivity contribution in [3.63, 3.8) is 0 Å². The number of fused-ring (bicyclic) bond motifs is 1. The molecule has 114 valence electrons. The number of nitrogens with zero attached hydrogens (tertiary/aromatic N) is 1. The summed E-state index contributed by atoms with van der Waals surface area (Å²) in [5.74, 6) is 0.218. The number of hydrogen-bond donors (Lipinski definition) is 1. The van der Waals surface area contributed by atoms with Gasteiger partial charge in [0.1, 0.15) is 0 Å². The van der Waals surface area contributed by atoms with E-state index in [0.717, 1.165) is 45.6 Å². The molecular formula is C17H24N2O2. The van der Waals surface area contributed by atoms with Crippen LogP contribution in [0.1, 0.15) is 23.1 Å². The second kappa shape index (κ2) is 6.58. The van der Waals surface area contributed by atoms with E-state index in [0.29, 0.717) is 6.61 Å². The first kappa shape index (κ1) is 14.5. The van der Waals surface area contributed by atoms with Gasteiger partial charge in [0.15, 0.2) is 0 Å². The fourth-order valence-electron chi connectivity index (χ4n) is 3.16. The van der Waals surface area contributed by atoms with E-state index in [4.69, 9.17) is 4.74 Å². The lowest BCUT2D eigenvalue weighted by Gasteiger charge is -2.29. The quantitative estimate of drug-likeness (QED) is 0.913. The van der Waals surface area contributed by atoms with Gasteiger partial charge in [0.2, 0.25) is 5.91 Å². The summed E-state index contributed by atoms with van der Waals surface area (Å²) < 4.78 is 5.25. The molecule has 0 bridgehead atoms. The highest BCUT2D eigenvalue weighted by molar-refractivity contribution is 5.78. The molecule has 1 saturated heterocycles. The van der Waals surface area contributed by atoms with E-state index in [1.165, 1.54) is 16.7 Å². The Morgan fingerprint density at radius 1 is 1.43 bits per heavy atom. The number of amides is 1. The lowest BCUT2D eigenvalue weighted by molar-refractivity contribution is -0.125. The van der Waals surface area contributed by atoms with Crippen molar-refractivity contribution < 1.29 is 9.53 Å². The molecule has 0 spiro atoms. The van der Waals surface area contributed by atoms with E-state index in [1.54, 1.807) is 0 Å². The molecule has 1 fully saturated rings. The van der Waals surface area contributed by atoms with Crippen LogP contribution in [-0.4, -0.2) is 43.7 Å². The summed E-state index contributed by atoms with van der Waals surface area (Å²) in [5, 5.41) is 3.05. The SMILES string of the molecule is Cc1ccc2c(c1)CN(CCNC(=O)C1CCOC1)CC2. The molecule has 4 nitrogen and oxygen atoms in total. The summed E-state index contributed by atoms with van der Waals surface area (Å²) >= 11 is 0. The second-order valence-electron chi connectivity index (χ2n) is 6.15. The molecule has 2 aliphatic rings. The Morgan fingerprint density at radius 2 is 2.33 bits per heavy atom. The predicted octanol–water partition coefficient (Wildman–Crippen LogP) is 1.51. The Hall–Kier alpha value is -1.39. The number of ether oxygens (including phenoxy) is 1. The summed E-state index contributed by atoms with van der Waals surface area (Å²) in [6.45, 7) is 7.19. The van der Waals surface area contributed by atoms with Crippen molar-refractivity contribution in [1.29, 1.82) is 0 Å². The maximum absolute atomic E-state index is 11.9. The van der Waals surface area contributed by atoms with Gasteiger partial charge in [-0.1, -0.05) is 23.8 Å². The van der Waals surface area contributed by atoms with Crippen LogP contribution in [0.5, 0.6) is 0 Å². The van der Waals surface area contributed by atoms with Gasteiger partial charge in [0.05, 0.1) is 12.5 Å². The van der Waals surface area contributed by atoms with Crippen molar-refractivity contribution in [2.45, 2.75) is 26.3 Å². The fourth-order valence-corrected chi connectivity index (χ4v) is 3.16. The highest BCUT2D eigenvalue weighted by atomic mass is 16.5. The minimum Gasteiger partial charge on any atom is -0.381 e. The average Bonchev–Trinajstić information content (AvgIpc) is 3.01. The van der Waals surface area contributed by atoms with Gasteiger partial charge in [-0.3, -0.25) is 9.69 Å². The maximum Gasteiger partial charge on any atom is 0.225 e. The van der Waals surface area contributed by atoms with Crippen LogP contribution in [0, 0.1) is 12.8 Å². The van der Waals surface area contributed by atoms with Crippen molar-refractivity contribution in [2.24, 2.45) is 5.92 Å². The Balaban J connectivity index is 1.45. The van der Waals surface area contributed by atoms with Crippen LogP contribution in [0.15, 0.2) is 18.2 Å². The number of benzene rings is 1. The molecular weight excluding hydrogens is 264 g/mol. The van der Waals surface area contributed by atoms with E-state index < -0.39 is 0 Å². The molecule has 4 heteroatoms. The third-order valence-corrected chi connectivity index (χ3v) is 4.48. The van der Waals surface area contributed by atoms with Crippen LogP contribution in [0.25, 0.3) is 0 Å². The molecule has 1 amide bonds. The van der Waals surface area contributed by atoms with Crippen molar-refractivity contribution in [2.75, 3.05) is 32.8 Å². The molecule has 1 N–H and O–H groups in total. The second-order valence-corrected chi connectivity index (χ2v) is 6.15.